The number of benzene rings is 1. The van der Waals surface area contributed by atoms with E-state index in [1.54, 1.807) is 12.1 Å². The van der Waals surface area contributed by atoms with Crippen LogP contribution in [0.3, 0.4) is 0 Å². The SMILES string of the molecule is O=C(O)C1CCCCC1Nc1cccc([N+](=O)[O-])c1. The zero-order valence-corrected chi connectivity index (χ0v) is 10.4. The highest BCUT2D eigenvalue weighted by atomic mass is 16.6. The topological polar surface area (TPSA) is 92.5 Å². The molecule has 1 aliphatic carbocycles. The second-order valence-corrected chi connectivity index (χ2v) is 4.79. The number of nitrogens with zero attached hydrogens (tertiary/aromatic N) is 1. The fourth-order valence-corrected chi connectivity index (χ4v) is 2.52. The molecule has 0 bridgehead atoms. The van der Waals surface area contributed by atoms with Gasteiger partial charge in [0.1, 0.15) is 0 Å². The fourth-order valence-electron chi connectivity index (χ4n) is 2.52. The van der Waals surface area contributed by atoms with Gasteiger partial charge in [-0.2, -0.15) is 0 Å². The van der Waals surface area contributed by atoms with Crippen LogP contribution in [-0.4, -0.2) is 22.0 Å². The molecule has 0 saturated heterocycles. The number of hydrogen-bond donors (Lipinski definition) is 2. The number of carboxylic acid groups (broad SMARTS) is 1. The number of carbonyl (C=O) groups is 1. The molecule has 2 atom stereocenters. The molecule has 2 rings (SSSR count). The average molecular weight is 264 g/mol. The first-order valence-electron chi connectivity index (χ1n) is 6.32. The Morgan fingerprint density at radius 2 is 2.11 bits per heavy atom. The van der Waals surface area contributed by atoms with Gasteiger partial charge >= 0.3 is 5.97 Å². The van der Waals surface area contributed by atoms with Crippen LogP contribution in [0.4, 0.5) is 11.4 Å². The van der Waals surface area contributed by atoms with Gasteiger partial charge in [0.15, 0.2) is 0 Å². The van der Waals surface area contributed by atoms with Gasteiger partial charge in [0.2, 0.25) is 0 Å². The molecule has 19 heavy (non-hydrogen) atoms. The van der Waals surface area contributed by atoms with Crippen molar-refractivity contribution in [3.63, 3.8) is 0 Å². The predicted molar refractivity (Wildman–Crippen MR) is 70.1 cm³/mol. The Balaban J connectivity index is 2.12. The summed E-state index contributed by atoms with van der Waals surface area (Å²) in [6.07, 6.45) is 3.34. The Morgan fingerprint density at radius 3 is 2.79 bits per heavy atom. The van der Waals surface area contributed by atoms with Crippen molar-refractivity contribution >= 4 is 17.3 Å². The molecule has 102 valence electrons. The van der Waals surface area contributed by atoms with E-state index in [1.165, 1.54) is 12.1 Å². The summed E-state index contributed by atoms with van der Waals surface area (Å²) in [5, 5.41) is 23.0. The summed E-state index contributed by atoms with van der Waals surface area (Å²) in [4.78, 5) is 21.4. The monoisotopic (exact) mass is 264 g/mol. The maximum atomic E-state index is 11.2. The van der Waals surface area contributed by atoms with E-state index in [1.807, 2.05) is 0 Å². The Labute approximate surface area is 110 Å². The molecule has 1 aromatic carbocycles. The molecule has 0 spiro atoms. The molecule has 0 amide bonds. The number of non-ortho nitro benzene ring substituents is 1. The van der Waals surface area contributed by atoms with E-state index in [9.17, 15) is 20.0 Å². The molecule has 0 aliphatic heterocycles. The summed E-state index contributed by atoms with van der Waals surface area (Å²) >= 11 is 0. The van der Waals surface area contributed by atoms with Gasteiger partial charge in [0.05, 0.1) is 10.8 Å². The molecule has 6 nitrogen and oxygen atoms in total. The summed E-state index contributed by atoms with van der Waals surface area (Å²) in [5.74, 6) is -1.23. The van der Waals surface area contributed by atoms with Crippen molar-refractivity contribution in [2.24, 2.45) is 5.92 Å². The van der Waals surface area contributed by atoms with Crippen LogP contribution in [0, 0.1) is 16.0 Å². The van der Waals surface area contributed by atoms with Crippen LogP contribution in [0.15, 0.2) is 24.3 Å². The third-order valence-electron chi connectivity index (χ3n) is 3.49. The highest BCUT2D eigenvalue weighted by Crippen LogP contribution is 2.28. The number of anilines is 1. The molecule has 1 saturated carbocycles. The molecule has 0 radical (unpaired) electrons. The summed E-state index contributed by atoms with van der Waals surface area (Å²) in [5.41, 5.74) is 0.611. The van der Waals surface area contributed by atoms with Crippen molar-refractivity contribution in [1.29, 1.82) is 0 Å². The van der Waals surface area contributed by atoms with Crippen LogP contribution in [0.2, 0.25) is 0 Å². The number of carboxylic acids is 1. The number of nitro benzene ring substituents is 1. The minimum Gasteiger partial charge on any atom is -0.481 e. The van der Waals surface area contributed by atoms with E-state index in [-0.39, 0.29) is 11.7 Å². The van der Waals surface area contributed by atoms with Crippen molar-refractivity contribution in [1.82, 2.24) is 0 Å². The van der Waals surface area contributed by atoms with Crippen LogP contribution in [0.1, 0.15) is 25.7 Å². The standard InChI is InChI=1S/C13H16N2O4/c16-13(17)11-6-1-2-7-12(11)14-9-4-3-5-10(8-9)15(18)19/h3-5,8,11-12,14H,1-2,6-7H2,(H,16,17). The molecule has 6 heteroatoms. The quantitative estimate of drug-likeness (QED) is 0.644. The van der Waals surface area contributed by atoms with Gasteiger partial charge in [-0.3, -0.25) is 14.9 Å². The van der Waals surface area contributed by atoms with E-state index in [2.05, 4.69) is 5.32 Å². The van der Waals surface area contributed by atoms with Crippen molar-refractivity contribution in [2.75, 3.05) is 5.32 Å². The third kappa shape index (κ3) is 3.21. The Hall–Kier alpha value is -2.11. The average Bonchev–Trinajstić information content (AvgIpc) is 2.39. The molecule has 1 aromatic rings. The normalized spacial score (nSPS) is 22.7. The van der Waals surface area contributed by atoms with Crippen molar-refractivity contribution < 1.29 is 14.8 Å². The lowest BCUT2D eigenvalue weighted by Crippen LogP contribution is -2.37. The zero-order valence-electron chi connectivity index (χ0n) is 10.4. The lowest BCUT2D eigenvalue weighted by molar-refractivity contribution is -0.384. The molecule has 1 aliphatic rings. The predicted octanol–water partition coefficient (Wildman–Crippen LogP) is 2.65. The third-order valence-corrected chi connectivity index (χ3v) is 3.49. The first-order chi connectivity index (χ1) is 9.08. The molecule has 0 heterocycles. The summed E-state index contributed by atoms with van der Waals surface area (Å²) in [7, 11) is 0. The second kappa shape index (κ2) is 5.69. The van der Waals surface area contributed by atoms with E-state index in [0.717, 1.165) is 19.3 Å². The summed E-state index contributed by atoms with van der Waals surface area (Å²) < 4.78 is 0. The molecular weight excluding hydrogens is 248 g/mol. The molecule has 0 aromatic heterocycles. The lowest BCUT2D eigenvalue weighted by Gasteiger charge is -2.30. The first kappa shape index (κ1) is 13.3. The van der Waals surface area contributed by atoms with Crippen molar-refractivity contribution in [3.05, 3.63) is 34.4 Å². The van der Waals surface area contributed by atoms with Gasteiger partial charge in [-0.05, 0) is 18.9 Å². The lowest BCUT2D eigenvalue weighted by atomic mass is 9.84. The number of nitrogens with one attached hydrogen (secondary N) is 1. The van der Waals surface area contributed by atoms with Gasteiger partial charge < -0.3 is 10.4 Å². The van der Waals surface area contributed by atoms with Crippen LogP contribution in [0.25, 0.3) is 0 Å². The van der Waals surface area contributed by atoms with Crippen molar-refractivity contribution in [2.45, 2.75) is 31.7 Å². The maximum absolute atomic E-state index is 11.2. The van der Waals surface area contributed by atoms with Gasteiger partial charge in [-0.15, -0.1) is 0 Å². The summed E-state index contributed by atoms with van der Waals surface area (Å²) in [6, 6.07) is 6.02. The Kier molecular flexibility index (Phi) is 3.99. The largest absolute Gasteiger partial charge is 0.481 e. The van der Waals surface area contributed by atoms with E-state index >= 15 is 0 Å². The minimum atomic E-state index is -0.803. The van der Waals surface area contributed by atoms with Crippen LogP contribution < -0.4 is 5.32 Å². The van der Waals surface area contributed by atoms with Gasteiger partial charge in [0.25, 0.3) is 5.69 Å². The van der Waals surface area contributed by atoms with E-state index in [0.29, 0.717) is 12.1 Å². The second-order valence-electron chi connectivity index (χ2n) is 4.79. The number of aliphatic carboxylic acids is 1. The van der Waals surface area contributed by atoms with Crippen LogP contribution >= 0.6 is 0 Å². The number of hydrogen-bond acceptors (Lipinski definition) is 4. The smallest absolute Gasteiger partial charge is 0.308 e. The Bertz CT molecular complexity index is 489. The highest BCUT2D eigenvalue weighted by Gasteiger charge is 2.30. The molecular formula is C13H16N2O4. The molecule has 1 fully saturated rings. The number of nitro groups is 1. The summed E-state index contributed by atoms with van der Waals surface area (Å²) in [6.45, 7) is 0. The van der Waals surface area contributed by atoms with E-state index in [4.69, 9.17) is 0 Å². The van der Waals surface area contributed by atoms with Gasteiger partial charge in [0, 0.05) is 23.9 Å². The molecule has 2 N–H and O–H groups in total. The van der Waals surface area contributed by atoms with Crippen LogP contribution in [0.5, 0.6) is 0 Å². The minimum absolute atomic E-state index is 0.00712. The van der Waals surface area contributed by atoms with Gasteiger partial charge in [-0.1, -0.05) is 18.9 Å². The van der Waals surface area contributed by atoms with Crippen LogP contribution in [-0.2, 0) is 4.79 Å². The van der Waals surface area contributed by atoms with Crippen molar-refractivity contribution in [3.8, 4) is 0 Å². The number of rotatable bonds is 4. The molecule has 2 unspecified atom stereocenters. The van der Waals surface area contributed by atoms with E-state index < -0.39 is 16.8 Å². The zero-order chi connectivity index (χ0) is 13.8. The maximum Gasteiger partial charge on any atom is 0.308 e. The first-order valence-corrected chi connectivity index (χ1v) is 6.32. The Morgan fingerprint density at radius 1 is 1.37 bits per heavy atom. The highest BCUT2D eigenvalue weighted by molar-refractivity contribution is 5.72. The fraction of sp³-hybridized carbons (Fsp3) is 0.462. The van der Waals surface area contributed by atoms with Gasteiger partial charge in [-0.25, -0.2) is 0 Å².